The Kier molecular flexibility index (Phi) is 11.7. The van der Waals surface area contributed by atoms with Gasteiger partial charge in [0.15, 0.2) is 5.96 Å². The van der Waals surface area contributed by atoms with Gasteiger partial charge in [-0.2, -0.15) is 0 Å². The molecular weight excluding hydrogens is 509 g/mol. The van der Waals surface area contributed by atoms with Crippen molar-refractivity contribution in [3.05, 3.63) is 34.5 Å². The van der Waals surface area contributed by atoms with E-state index in [1.54, 1.807) is 11.3 Å². The number of likely N-dealkylation sites (tertiary alicyclic amines) is 1. The molecule has 0 aliphatic carbocycles. The summed E-state index contributed by atoms with van der Waals surface area (Å²) in [6.45, 7) is 10.4. The number of halogens is 1. The summed E-state index contributed by atoms with van der Waals surface area (Å²) >= 11 is 1.80. The second-order valence-corrected chi connectivity index (χ2v) is 8.57. The molecule has 1 fully saturated rings. The van der Waals surface area contributed by atoms with E-state index in [1.165, 1.54) is 43.8 Å². The fourth-order valence-corrected chi connectivity index (χ4v) is 4.43. The van der Waals surface area contributed by atoms with Gasteiger partial charge in [0.2, 0.25) is 0 Å². The largest absolute Gasteiger partial charge is 0.355 e. The molecule has 0 atom stereocenters. The summed E-state index contributed by atoms with van der Waals surface area (Å²) in [7, 11) is 0. The Balaban J connectivity index is 0.00000320. The molecule has 9 heteroatoms. The lowest BCUT2D eigenvalue weighted by Gasteiger charge is -2.32. The average Bonchev–Trinajstić information content (AvgIpc) is 3.41. The van der Waals surface area contributed by atoms with Gasteiger partial charge in [0, 0.05) is 56.5 Å². The van der Waals surface area contributed by atoms with E-state index < -0.39 is 0 Å². The molecule has 0 bridgehead atoms. The molecular formula is C21H36IN7S. The maximum absolute atomic E-state index is 4.86. The summed E-state index contributed by atoms with van der Waals surface area (Å²) in [4.78, 5) is 8.81. The Morgan fingerprint density at radius 2 is 2.10 bits per heavy atom. The van der Waals surface area contributed by atoms with Gasteiger partial charge in [-0.05, 0) is 37.3 Å². The van der Waals surface area contributed by atoms with Crippen LogP contribution >= 0.6 is 35.3 Å². The third kappa shape index (κ3) is 8.14. The molecule has 1 aliphatic heterocycles. The van der Waals surface area contributed by atoms with Crippen molar-refractivity contribution in [2.24, 2.45) is 4.99 Å². The summed E-state index contributed by atoms with van der Waals surface area (Å²) < 4.78 is 2.11. The molecule has 2 aromatic rings. The second kappa shape index (κ2) is 14.0. The molecule has 3 heterocycles. The second-order valence-electron chi connectivity index (χ2n) is 7.54. The lowest BCUT2D eigenvalue weighted by molar-refractivity contribution is 0.206. The number of guanidine groups is 1. The molecule has 0 aromatic carbocycles. The standard InChI is InChI=1S/C21H35N7S.HI/c1-3-12-27-13-8-18(9-14-27)25-21(22-10-7-19-6-5-16-29-19)23-11-15-28-17-24-26-20(28)4-2;/h5-6,16-18H,3-4,7-15H2,1-2H3,(H2,22,23,25);1H. The van der Waals surface area contributed by atoms with E-state index >= 15 is 0 Å². The van der Waals surface area contributed by atoms with Crippen molar-refractivity contribution in [1.82, 2.24) is 30.3 Å². The number of hydrogen-bond acceptors (Lipinski definition) is 5. The van der Waals surface area contributed by atoms with E-state index in [9.17, 15) is 0 Å². The van der Waals surface area contributed by atoms with E-state index in [2.05, 4.69) is 61.7 Å². The summed E-state index contributed by atoms with van der Waals surface area (Å²) in [5.74, 6) is 1.96. The predicted octanol–water partition coefficient (Wildman–Crippen LogP) is 3.17. The van der Waals surface area contributed by atoms with Gasteiger partial charge in [0.05, 0.1) is 0 Å². The first-order valence-electron chi connectivity index (χ1n) is 10.9. The smallest absolute Gasteiger partial charge is 0.191 e. The molecule has 0 unspecified atom stereocenters. The molecule has 0 radical (unpaired) electrons. The molecule has 0 saturated carbocycles. The Labute approximate surface area is 201 Å². The molecule has 2 N–H and O–H groups in total. The number of nitrogens with zero attached hydrogens (tertiary/aromatic N) is 5. The molecule has 2 aromatic heterocycles. The molecule has 1 saturated heterocycles. The van der Waals surface area contributed by atoms with Gasteiger partial charge in [0.25, 0.3) is 0 Å². The van der Waals surface area contributed by atoms with Crippen LogP contribution in [-0.2, 0) is 19.4 Å². The Bertz CT molecular complexity index is 724. The quantitative estimate of drug-likeness (QED) is 0.273. The minimum Gasteiger partial charge on any atom is -0.355 e. The number of thiophene rings is 1. The molecule has 30 heavy (non-hydrogen) atoms. The summed E-state index contributed by atoms with van der Waals surface area (Å²) in [6, 6.07) is 4.79. The number of aryl methyl sites for hydroxylation is 1. The highest BCUT2D eigenvalue weighted by Gasteiger charge is 2.19. The van der Waals surface area contributed by atoms with Crippen LogP contribution in [0.1, 0.15) is 43.8 Å². The van der Waals surface area contributed by atoms with Gasteiger partial charge in [-0.3, -0.25) is 4.99 Å². The lowest BCUT2D eigenvalue weighted by atomic mass is 10.1. The minimum absolute atomic E-state index is 0. The lowest BCUT2D eigenvalue weighted by Crippen LogP contribution is -2.49. The van der Waals surface area contributed by atoms with Gasteiger partial charge >= 0.3 is 0 Å². The van der Waals surface area contributed by atoms with Crippen LogP contribution in [0.4, 0.5) is 0 Å². The third-order valence-electron chi connectivity index (χ3n) is 5.33. The molecule has 0 amide bonds. The summed E-state index contributed by atoms with van der Waals surface area (Å²) in [6.07, 6.45) is 7.29. The van der Waals surface area contributed by atoms with E-state index in [1.807, 2.05) is 6.33 Å². The van der Waals surface area contributed by atoms with Gasteiger partial charge in [-0.25, -0.2) is 0 Å². The zero-order valence-electron chi connectivity index (χ0n) is 18.2. The van der Waals surface area contributed by atoms with Crippen molar-refractivity contribution in [3.63, 3.8) is 0 Å². The first-order valence-corrected chi connectivity index (χ1v) is 11.8. The van der Waals surface area contributed by atoms with E-state index in [0.29, 0.717) is 6.04 Å². The van der Waals surface area contributed by atoms with Crippen LogP contribution in [0.15, 0.2) is 28.8 Å². The van der Waals surface area contributed by atoms with Gasteiger partial charge in [-0.15, -0.1) is 45.5 Å². The average molecular weight is 546 g/mol. The summed E-state index contributed by atoms with van der Waals surface area (Å²) in [5, 5.41) is 17.5. The van der Waals surface area contributed by atoms with E-state index in [0.717, 1.165) is 44.3 Å². The van der Waals surface area contributed by atoms with Gasteiger partial charge in [-0.1, -0.05) is 19.9 Å². The number of nitrogens with one attached hydrogen (secondary N) is 2. The van der Waals surface area contributed by atoms with Crippen LogP contribution in [-0.4, -0.2) is 64.4 Å². The Morgan fingerprint density at radius 3 is 2.80 bits per heavy atom. The third-order valence-corrected chi connectivity index (χ3v) is 6.27. The van der Waals surface area contributed by atoms with Crippen LogP contribution in [0.5, 0.6) is 0 Å². The van der Waals surface area contributed by atoms with Crippen LogP contribution in [0, 0.1) is 0 Å². The van der Waals surface area contributed by atoms with Crippen molar-refractivity contribution in [3.8, 4) is 0 Å². The zero-order chi connectivity index (χ0) is 20.3. The highest BCUT2D eigenvalue weighted by atomic mass is 127. The molecule has 1 aliphatic rings. The van der Waals surface area contributed by atoms with Gasteiger partial charge in [0.1, 0.15) is 12.2 Å². The van der Waals surface area contributed by atoms with Gasteiger partial charge < -0.3 is 20.1 Å². The number of rotatable bonds is 10. The van der Waals surface area contributed by atoms with Crippen molar-refractivity contribution >= 4 is 41.3 Å². The molecule has 3 rings (SSSR count). The molecule has 168 valence electrons. The van der Waals surface area contributed by atoms with Crippen LogP contribution in [0.2, 0.25) is 0 Å². The normalized spacial score (nSPS) is 15.7. The van der Waals surface area contributed by atoms with Crippen LogP contribution < -0.4 is 10.6 Å². The van der Waals surface area contributed by atoms with E-state index in [-0.39, 0.29) is 24.0 Å². The number of piperidine rings is 1. The highest BCUT2D eigenvalue weighted by molar-refractivity contribution is 14.0. The summed E-state index contributed by atoms with van der Waals surface area (Å²) in [5.41, 5.74) is 0. The monoisotopic (exact) mass is 545 g/mol. The van der Waals surface area contributed by atoms with E-state index in [4.69, 9.17) is 4.99 Å². The fourth-order valence-electron chi connectivity index (χ4n) is 3.73. The number of aromatic nitrogens is 3. The first kappa shape index (κ1) is 25.1. The SMILES string of the molecule is CCCN1CCC(NC(=NCCc2cccs2)NCCn2cnnc2CC)CC1.I. The number of hydrogen-bond donors (Lipinski definition) is 2. The highest BCUT2D eigenvalue weighted by Crippen LogP contribution is 2.11. The minimum atomic E-state index is 0. The van der Waals surface area contributed by atoms with Crippen LogP contribution in [0.25, 0.3) is 0 Å². The van der Waals surface area contributed by atoms with Crippen LogP contribution in [0.3, 0.4) is 0 Å². The molecule has 7 nitrogen and oxygen atoms in total. The van der Waals surface area contributed by atoms with Crippen molar-refractivity contribution < 1.29 is 0 Å². The van der Waals surface area contributed by atoms with Crippen molar-refractivity contribution in [1.29, 1.82) is 0 Å². The van der Waals surface area contributed by atoms with Crippen molar-refractivity contribution in [2.75, 3.05) is 32.7 Å². The Hall–Kier alpha value is -1.20. The number of aliphatic imine (C=N–C) groups is 1. The fraction of sp³-hybridized carbons (Fsp3) is 0.667. The first-order chi connectivity index (χ1) is 14.3. The maximum atomic E-state index is 4.86. The predicted molar refractivity (Wildman–Crippen MR) is 136 cm³/mol. The van der Waals surface area contributed by atoms with Crippen molar-refractivity contribution in [2.45, 2.75) is 58.5 Å². The Morgan fingerprint density at radius 1 is 1.27 bits per heavy atom. The topological polar surface area (TPSA) is 70.4 Å². The molecule has 0 spiro atoms. The maximum Gasteiger partial charge on any atom is 0.191 e. The zero-order valence-corrected chi connectivity index (χ0v) is 21.4.